The summed E-state index contributed by atoms with van der Waals surface area (Å²) in [7, 11) is 1.58. The first kappa shape index (κ1) is 19.2. The minimum atomic E-state index is -0.142. The van der Waals surface area contributed by atoms with Gasteiger partial charge in [-0.3, -0.25) is 9.69 Å². The molecule has 138 valence electrons. The maximum atomic E-state index is 13.0. The number of methoxy groups -OCH3 is 1. The van der Waals surface area contributed by atoms with E-state index in [9.17, 15) is 4.79 Å². The van der Waals surface area contributed by atoms with Crippen LogP contribution in [0.15, 0.2) is 60.0 Å². The summed E-state index contributed by atoms with van der Waals surface area (Å²) in [6.45, 7) is 5.97. The van der Waals surface area contributed by atoms with Gasteiger partial charge in [0.2, 0.25) is 0 Å². The first-order chi connectivity index (χ1) is 13.1. The van der Waals surface area contributed by atoms with Gasteiger partial charge < -0.3 is 9.47 Å². The Morgan fingerprint density at radius 2 is 2.00 bits per heavy atom. The molecule has 0 N–H and O–H groups in total. The highest BCUT2D eigenvalue weighted by Gasteiger charge is 2.34. The predicted molar refractivity (Wildman–Crippen MR) is 116 cm³/mol. The SMILES string of the molecule is C=CCOc1c(/C=C2\SC(=S)N(c3ccccc3C)C2=O)cccc1OC. The zero-order chi connectivity index (χ0) is 19.4. The van der Waals surface area contributed by atoms with Crippen molar-refractivity contribution < 1.29 is 14.3 Å². The number of ether oxygens (including phenoxy) is 2. The van der Waals surface area contributed by atoms with Gasteiger partial charge in [0.05, 0.1) is 17.7 Å². The van der Waals surface area contributed by atoms with Crippen LogP contribution < -0.4 is 14.4 Å². The van der Waals surface area contributed by atoms with Gasteiger partial charge in [-0.25, -0.2) is 0 Å². The molecule has 1 aliphatic heterocycles. The molecule has 3 rings (SSSR count). The second kappa shape index (κ2) is 8.41. The van der Waals surface area contributed by atoms with E-state index in [4.69, 9.17) is 21.7 Å². The van der Waals surface area contributed by atoms with E-state index in [1.165, 1.54) is 11.8 Å². The van der Waals surface area contributed by atoms with Crippen molar-refractivity contribution in [2.45, 2.75) is 6.92 Å². The Balaban J connectivity index is 1.99. The molecule has 0 atom stereocenters. The third-order valence-electron chi connectivity index (χ3n) is 4.01. The second-order valence-electron chi connectivity index (χ2n) is 5.78. The number of para-hydroxylation sites is 2. The molecular formula is C21H19NO3S2. The van der Waals surface area contributed by atoms with Gasteiger partial charge in [-0.05, 0) is 30.7 Å². The first-order valence-corrected chi connectivity index (χ1v) is 9.53. The van der Waals surface area contributed by atoms with Gasteiger partial charge >= 0.3 is 0 Å². The van der Waals surface area contributed by atoms with Crippen LogP contribution in [-0.4, -0.2) is 23.9 Å². The number of benzene rings is 2. The lowest BCUT2D eigenvalue weighted by atomic mass is 10.1. The monoisotopic (exact) mass is 397 g/mol. The minimum absolute atomic E-state index is 0.142. The first-order valence-electron chi connectivity index (χ1n) is 8.31. The zero-order valence-corrected chi connectivity index (χ0v) is 16.7. The van der Waals surface area contributed by atoms with Crippen LogP contribution in [0.1, 0.15) is 11.1 Å². The van der Waals surface area contributed by atoms with Gasteiger partial charge in [-0.2, -0.15) is 0 Å². The van der Waals surface area contributed by atoms with Crippen LogP contribution in [0.2, 0.25) is 0 Å². The second-order valence-corrected chi connectivity index (χ2v) is 7.46. The number of hydrogen-bond donors (Lipinski definition) is 0. The molecule has 27 heavy (non-hydrogen) atoms. The van der Waals surface area contributed by atoms with Gasteiger partial charge in [0.15, 0.2) is 15.8 Å². The molecule has 0 aliphatic carbocycles. The Morgan fingerprint density at radius 1 is 1.22 bits per heavy atom. The molecule has 6 heteroatoms. The van der Waals surface area contributed by atoms with Gasteiger partial charge in [0.1, 0.15) is 6.61 Å². The standard InChI is InChI=1S/C21H19NO3S2/c1-4-12-25-19-15(9-7-11-17(19)24-3)13-18-20(23)22(21(26)27-18)16-10-6-5-8-14(16)2/h4-11,13H,1,12H2,2-3H3/b18-13-. The van der Waals surface area contributed by atoms with E-state index < -0.39 is 0 Å². The predicted octanol–water partition coefficient (Wildman–Crippen LogP) is 4.97. The van der Waals surface area contributed by atoms with Crippen molar-refractivity contribution in [2.24, 2.45) is 0 Å². The maximum absolute atomic E-state index is 13.0. The number of thiocarbonyl (C=S) groups is 1. The highest BCUT2D eigenvalue weighted by molar-refractivity contribution is 8.27. The van der Waals surface area contributed by atoms with Crippen LogP contribution in [0.3, 0.4) is 0 Å². The van der Waals surface area contributed by atoms with Crippen LogP contribution in [-0.2, 0) is 4.79 Å². The van der Waals surface area contributed by atoms with Crippen LogP contribution in [0.4, 0.5) is 5.69 Å². The van der Waals surface area contributed by atoms with Crippen molar-refractivity contribution in [3.8, 4) is 11.5 Å². The summed E-state index contributed by atoms with van der Waals surface area (Å²) in [6, 6.07) is 13.2. The highest BCUT2D eigenvalue weighted by Crippen LogP contribution is 2.39. The lowest BCUT2D eigenvalue weighted by molar-refractivity contribution is -0.113. The molecule has 0 aromatic heterocycles. The fraction of sp³-hybridized carbons (Fsp3) is 0.143. The van der Waals surface area contributed by atoms with E-state index in [1.54, 1.807) is 24.2 Å². The number of hydrogen-bond acceptors (Lipinski definition) is 5. The maximum Gasteiger partial charge on any atom is 0.270 e. The van der Waals surface area contributed by atoms with E-state index >= 15 is 0 Å². The summed E-state index contributed by atoms with van der Waals surface area (Å²) in [6.07, 6.45) is 3.45. The lowest BCUT2D eigenvalue weighted by Gasteiger charge is -2.16. The molecule has 0 bridgehead atoms. The van der Waals surface area contributed by atoms with Crippen molar-refractivity contribution in [1.82, 2.24) is 0 Å². The lowest BCUT2D eigenvalue weighted by Crippen LogP contribution is -2.28. The number of rotatable bonds is 6. The molecule has 0 saturated carbocycles. The molecular weight excluding hydrogens is 378 g/mol. The van der Waals surface area contributed by atoms with Crippen LogP contribution in [0.5, 0.6) is 11.5 Å². The van der Waals surface area contributed by atoms with Gasteiger partial charge in [-0.1, -0.05) is 67.0 Å². The van der Waals surface area contributed by atoms with E-state index in [2.05, 4.69) is 6.58 Å². The highest BCUT2D eigenvalue weighted by atomic mass is 32.2. The summed E-state index contributed by atoms with van der Waals surface area (Å²) < 4.78 is 11.7. The van der Waals surface area contributed by atoms with Gasteiger partial charge in [0, 0.05) is 5.56 Å². The number of carbonyl (C=O) groups is 1. The molecule has 2 aromatic carbocycles. The summed E-state index contributed by atoms with van der Waals surface area (Å²) in [5.41, 5.74) is 2.55. The Bertz CT molecular complexity index is 937. The topological polar surface area (TPSA) is 38.8 Å². The molecule has 0 radical (unpaired) electrons. The quantitative estimate of drug-likeness (QED) is 0.391. The summed E-state index contributed by atoms with van der Waals surface area (Å²) in [4.78, 5) is 15.1. The normalized spacial score (nSPS) is 15.3. The molecule has 0 unspecified atom stereocenters. The Kier molecular flexibility index (Phi) is 5.98. The average molecular weight is 398 g/mol. The summed E-state index contributed by atoms with van der Waals surface area (Å²) in [5.74, 6) is 1.03. The zero-order valence-electron chi connectivity index (χ0n) is 15.1. The minimum Gasteiger partial charge on any atom is -0.493 e. The third-order valence-corrected chi connectivity index (χ3v) is 5.31. The smallest absolute Gasteiger partial charge is 0.270 e. The van der Waals surface area contributed by atoms with E-state index in [-0.39, 0.29) is 5.91 Å². The molecule has 4 nitrogen and oxygen atoms in total. The van der Waals surface area contributed by atoms with Gasteiger partial charge in [-0.15, -0.1) is 0 Å². The number of thioether (sulfide) groups is 1. The number of carbonyl (C=O) groups excluding carboxylic acids is 1. The van der Waals surface area contributed by atoms with Crippen LogP contribution in [0, 0.1) is 6.92 Å². The molecule has 1 heterocycles. The van der Waals surface area contributed by atoms with E-state index in [0.717, 1.165) is 16.8 Å². The molecule has 1 saturated heterocycles. The number of amides is 1. The van der Waals surface area contributed by atoms with E-state index in [0.29, 0.717) is 27.3 Å². The molecule has 0 spiro atoms. The van der Waals surface area contributed by atoms with Crippen molar-refractivity contribution >= 4 is 46.0 Å². The number of aryl methyl sites for hydroxylation is 1. The van der Waals surface area contributed by atoms with E-state index in [1.807, 2.05) is 49.4 Å². The number of anilines is 1. The fourth-order valence-electron chi connectivity index (χ4n) is 2.73. The molecule has 1 fully saturated rings. The van der Waals surface area contributed by atoms with Crippen LogP contribution in [0.25, 0.3) is 6.08 Å². The average Bonchev–Trinajstić information content (AvgIpc) is 2.94. The number of nitrogens with zero attached hydrogens (tertiary/aromatic N) is 1. The van der Waals surface area contributed by atoms with Crippen molar-refractivity contribution in [2.75, 3.05) is 18.6 Å². The third kappa shape index (κ3) is 3.91. The molecule has 1 aliphatic rings. The largest absolute Gasteiger partial charge is 0.493 e. The summed E-state index contributed by atoms with van der Waals surface area (Å²) in [5, 5.41) is 0. The molecule has 2 aromatic rings. The van der Waals surface area contributed by atoms with Crippen molar-refractivity contribution in [3.05, 3.63) is 71.2 Å². The molecule has 1 amide bonds. The van der Waals surface area contributed by atoms with Gasteiger partial charge in [0.25, 0.3) is 5.91 Å². The Hall–Kier alpha value is -2.57. The fourth-order valence-corrected chi connectivity index (χ4v) is 4.01. The summed E-state index contributed by atoms with van der Waals surface area (Å²) >= 11 is 6.74. The van der Waals surface area contributed by atoms with Crippen molar-refractivity contribution in [3.63, 3.8) is 0 Å². The van der Waals surface area contributed by atoms with Crippen LogP contribution >= 0.6 is 24.0 Å². The Labute approximate surface area is 168 Å². The van der Waals surface area contributed by atoms with Crippen molar-refractivity contribution in [1.29, 1.82) is 0 Å². The Morgan fingerprint density at radius 3 is 2.70 bits per heavy atom.